The summed E-state index contributed by atoms with van der Waals surface area (Å²) in [6, 6.07) is 0. The Morgan fingerprint density at radius 2 is 2.27 bits per heavy atom. The molecule has 0 saturated carbocycles. The van der Waals surface area contributed by atoms with Gasteiger partial charge in [0.1, 0.15) is 6.10 Å². The Labute approximate surface area is 67.2 Å². The minimum absolute atomic E-state index is 0.0903. The summed E-state index contributed by atoms with van der Waals surface area (Å²) >= 11 is 0. The molecule has 1 aliphatic rings. The summed E-state index contributed by atoms with van der Waals surface area (Å²) in [4.78, 5) is 10.9. The van der Waals surface area contributed by atoms with E-state index in [4.69, 9.17) is 4.74 Å². The van der Waals surface area contributed by atoms with Gasteiger partial charge in [-0.1, -0.05) is 19.4 Å². The molecule has 0 aromatic carbocycles. The number of carbonyl (C=O) groups excluding carboxylic acids is 1. The molecule has 1 rings (SSSR count). The van der Waals surface area contributed by atoms with Crippen molar-refractivity contribution in [3.8, 4) is 0 Å². The number of rotatable bonds is 1. The van der Waals surface area contributed by atoms with Crippen molar-refractivity contribution in [3.63, 3.8) is 0 Å². The fourth-order valence-corrected chi connectivity index (χ4v) is 1.17. The van der Waals surface area contributed by atoms with Crippen LogP contribution in [-0.2, 0) is 9.53 Å². The van der Waals surface area contributed by atoms with Crippen LogP contribution in [0.3, 0.4) is 0 Å². The molecule has 0 amide bonds. The predicted molar refractivity (Wildman–Crippen MR) is 43.1 cm³/mol. The van der Waals surface area contributed by atoms with Crippen LogP contribution in [-0.4, -0.2) is 12.1 Å². The topological polar surface area (TPSA) is 26.3 Å². The van der Waals surface area contributed by atoms with E-state index in [1.165, 1.54) is 0 Å². The second-order valence-corrected chi connectivity index (χ2v) is 3.41. The van der Waals surface area contributed by atoms with Crippen molar-refractivity contribution >= 4 is 5.97 Å². The monoisotopic (exact) mass is 154 g/mol. The highest BCUT2D eigenvalue weighted by Gasteiger charge is 2.21. The smallest absolute Gasteiger partial charge is 0.330 e. The Balaban J connectivity index is 2.64. The molecule has 11 heavy (non-hydrogen) atoms. The third kappa shape index (κ3) is 2.07. The second-order valence-electron chi connectivity index (χ2n) is 3.41. The van der Waals surface area contributed by atoms with Gasteiger partial charge < -0.3 is 4.74 Å². The molecule has 2 heteroatoms. The van der Waals surface area contributed by atoms with Gasteiger partial charge in [0, 0.05) is 12.5 Å². The lowest BCUT2D eigenvalue weighted by atomic mass is 9.98. The molecule has 1 unspecified atom stereocenters. The maximum absolute atomic E-state index is 10.9. The molecule has 1 atom stereocenters. The average molecular weight is 154 g/mol. The van der Waals surface area contributed by atoms with E-state index in [0.717, 1.165) is 12.0 Å². The number of hydrogen-bond donors (Lipinski definition) is 0. The van der Waals surface area contributed by atoms with Crippen LogP contribution < -0.4 is 0 Å². The average Bonchev–Trinajstić information content (AvgIpc) is 1.85. The summed E-state index contributed by atoms with van der Waals surface area (Å²) in [6.07, 6.45) is 2.55. The van der Waals surface area contributed by atoms with E-state index in [9.17, 15) is 4.79 Å². The van der Waals surface area contributed by atoms with Gasteiger partial charge in [0.15, 0.2) is 0 Å². The van der Waals surface area contributed by atoms with E-state index in [1.54, 1.807) is 6.08 Å². The Bertz CT molecular complexity index is 192. The van der Waals surface area contributed by atoms with Crippen molar-refractivity contribution in [1.82, 2.24) is 0 Å². The molecule has 0 N–H and O–H groups in total. The first-order chi connectivity index (χ1) is 5.09. The van der Waals surface area contributed by atoms with Crippen LogP contribution in [0.25, 0.3) is 0 Å². The van der Waals surface area contributed by atoms with Gasteiger partial charge in [-0.25, -0.2) is 4.79 Å². The van der Waals surface area contributed by atoms with Crippen molar-refractivity contribution in [1.29, 1.82) is 0 Å². The maximum Gasteiger partial charge on any atom is 0.330 e. The number of ether oxygens (including phenoxy) is 1. The third-order valence-corrected chi connectivity index (χ3v) is 1.90. The molecule has 0 saturated heterocycles. The number of carbonyl (C=O) groups is 1. The zero-order valence-corrected chi connectivity index (χ0v) is 7.26. The Morgan fingerprint density at radius 1 is 1.64 bits per heavy atom. The Morgan fingerprint density at radius 3 is 2.73 bits per heavy atom. The van der Waals surface area contributed by atoms with Gasteiger partial charge >= 0.3 is 5.97 Å². The van der Waals surface area contributed by atoms with Gasteiger partial charge in [-0.05, 0) is 12.8 Å². The van der Waals surface area contributed by atoms with Gasteiger partial charge in [-0.2, -0.15) is 0 Å². The number of cyclic esters (lactones) is 1. The van der Waals surface area contributed by atoms with E-state index < -0.39 is 0 Å². The number of hydrogen-bond acceptors (Lipinski definition) is 2. The summed E-state index contributed by atoms with van der Waals surface area (Å²) in [5.41, 5.74) is 1.12. The molecule has 1 aliphatic heterocycles. The van der Waals surface area contributed by atoms with Crippen LogP contribution in [0.4, 0.5) is 0 Å². The fourth-order valence-electron chi connectivity index (χ4n) is 1.17. The lowest BCUT2D eigenvalue weighted by molar-refractivity contribution is -0.146. The summed E-state index contributed by atoms with van der Waals surface area (Å²) in [6.45, 7) is 6.10. The molecular formula is C9H14O2. The molecular weight excluding hydrogens is 140 g/mol. The molecule has 62 valence electrons. The Hall–Kier alpha value is -0.790. The zero-order valence-electron chi connectivity index (χ0n) is 7.26. The highest BCUT2D eigenvalue weighted by molar-refractivity contribution is 5.83. The van der Waals surface area contributed by atoms with E-state index in [0.29, 0.717) is 5.92 Å². The SMILES string of the molecule is CC1=CC(=O)OC(C(C)C)C1. The molecule has 0 fully saturated rings. The van der Waals surface area contributed by atoms with Crippen molar-refractivity contribution in [2.75, 3.05) is 0 Å². The minimum atomic E-state index is -0.188. The van der Waals surface area contributed by atoms with Crippen molar-refractivity contribution in [2.24, 2.45) is 5.92 Å². The van der Waals surface area contributed by atoms with Crippen LogP contribution in [0.5, 0.6) is 0 Å². The lowest BCUT2D eigenvalue weighted by Gasteiger charge is -2.24. The molecule has 0 spiro atoms. The molecule has 0 aliphatic carbocycles. The first kappa shape index (κ1) is 8.31. The lowest BCUT2D eigenvalue weighted by Crippen LogP contribution is -2.26. The van der Waals surface area contributed by atoms with E-state index in [-0.39, 0.29) is 12.1 Å². The summed E-state index contributed by atoms with van der Waals surface area (Å²) in [5, 5.41) is 0. The molecule has 0 bridgehead atoms. The third-order valence-electron chi connectivity index (χ3n) is 1.90. The highest BCUT2D eigenvalue weighted by Crippen LogP contribution is 2.20. The normalized spacial score (nSPS) is 24.9. The molecule has 0 aromatic heterocycles. The van der Waals surface area contributed by atoms with Crippen molar-refractivity contribution < 1.29 is 9.53 Å². The number of esters is 1. The van der Waals surface area contributed by atoms with Crippen LogP contribution in [0.15, 0.2) is 11.6 Å². The van der Waals surface area contributed by atoms with Crippen LogP contribution in [0.2, 0.25) is 0 Å². The molecule has 2 nitrogen and oxygen atoms in total. The van der Waals surface area contributed by atoms with E-state index in [1.807, 2.05) is 6.92 Å². The molecule has 0 aromatic rings. The largest absolute Gasteiger partial charge is 0.459 e. The standard InChI is InChI=1S/C9H14O2/c1-6(2)8-4-7(3)5-9(10)11-8/h5-6,8H,4H2,1-3H3. The first-order valence-electron chi connectivity index (χ1n) is 3.97. The molecule has 0 radical (unpaired) electrons. The van der Waals surface area contributed by atoms with Gasteiger partial charge in [0.2, 0.25) is 0 Å². The van der Waals surface area contributed by atoms with Crippen LogP contribution >= 0.6 is 0 Å². The fraction of sp³-hybridized carbons (Fsp3) is 0.667. The highest BCUT2D eigenvalue weighted by atomic mass is 16.5. The van der Waals surface area contributed by atoms with Crippen LogP contribution in [0, 0.1) is 5.92 Å². The van der Waals surface area contributed by atoms with Gasteiger partial charge in [0.05, 0.1) is 0 Å². The summed E-state index contributed by atoms with van der Waals surface area (Å²) < 4.78 is 5.10. The van der Waals surface area contributed by atoms with Gasteiger partial charge in [0.25, 0.3) is 0 Å². The Kier molecular flexibility index (Phi) is 2.32. The second kappa shape index (κ2) is 3.07. The maximum atomic E-state index is 10.9. The quantitative estimate of drug-likeness (QED) is 0.539. The minimum Gasteiger partial charge on any atom is -0.459 e. The molecule has 1 heterocycles. The van der Waals surface area contributed by atoms with E-state index >= 15 is 0 Å². The zero-order chi connectivity index (χ0) is 8.43. The first-order valence-corrected chi connectivity index (χ1v) is 3.97. The van der Waals surface area contributed by atoms with Crippen molar-refractivity contribution in [3.05, 3.63) is 11.6 Å². The predicted octanol–water partition coefficient (Wildman–Crippen LogP) is 1.90. The van der Waals surface area contributed by atoms with E-state index in [2.05, 4.69) is 13.8 Å². The van der Waals surface area contributed by atoms with Crippen LogP contribution in [0.1, 0.15) is 27.2 Å². The summed E-state index contributed by atoms with van der Waals surface area (Å²) in [5.74, 6) is 0.232. The summed E-state index contributed by atoms with van der Waals surface area (Å²) in [7, 11) is 0. The van der Waals surface area contributed by atoms with Gasteiger partial charge in [-0.3, -0.25) is 0 Å². The van der Waals surface area contributed by atoms with Gasteiger partial charge in [-0.15, -0.1) is 0 Å². The van der Waals surface area contributed by atoms with Crippen molar-refractivity contribution in [2.45, 2.75) is 33.3 Å².